The second-order valence-electron chi connectivity index (χ2n) is 5.26. The fourth-order valence-electron chi connectivity index (χ4n) is 2.90. The fourth-order valence-corrected chi connectivity index (χ4v) is 2.90. The van der Waals surface area contributed by atoms with E-state index in [4.69, 9.17) is 0 Å². The number of nitrogens with zero attached hydrogens (tertiary/aromatic N) is 1. The first-order valence-corrected chi connectivity index (χ1v) is 6.22. The number of rotatable bonds is 1. The molecular formula is C12H24N2. The van der Waals surface area contributed by atoms with Crippen LogP contribution in [0.15, 0.2) is 0 Å². The molecule has 2 aliphatic rings. The minimum atomic E-state index is 0.845. The van der Waals surface area contributed by atoms with Crippen LogP contribution in [0.2, 0.25) is 0 Å². The maximum absolute atomic E-state index is 3.49. The van der Waals surface area contributed by atoms with Gasteiger partial charge in [0.25, 0.3) is 0 Å². The molecule has 14 heavy (non-hydrogen) atoms. The summed E-state index contributed by atoms with van der Waals surface area (Å²) in [6, 6.07) is 0.865. The van der Waals surface area contributed by atoms with Gasteiger partial charge in [-0.1, -0.05) is 13.8 Å². The summed E-state index contributed by atoms with van der Waals surface area (Å²) in [5.74, 6) is 1.81. The van der Waals surface area contributed by atoms with E-state index in [1.807, 2.05) is 0 Å². The number of piperidine rings is 2. The smallest absolute Gasteiger partial charge is 0.0145 e. The van der Waals surface area contributed by atoms with Gasteiger partial charge in [0.1, 0.15) is 0 Å². The van der Waals surface area contributed by atoms with E-state index in [9.17, 15) is 0 Å². The highest BCUT2D eigenvalue weighted by Gasteiger charge is 2.28. The van der Waals surface area contributed by atoms with Crippen LogP contribution in [0.4, 0.5) is 0 Å². The summed E-state index contributed by atoms with van der Waals surface area (Å²) in [6.45, 7) is 9.92. The third kappa shape index (κ3) is 2.29. The predicted molar refractivity (Wildman–Crippen MR) is 60.4 cm³/mol. The highest BCUT2D eigenvalue weighted by molar-refractivity contribution is 4.85. The van der Waals surface area contributed by atoms with E-state index >= 15 is 0 Å². The van der Waals surface area contributed by atoms with E-state index < -0.39 is 0 Å². The Kier molecular flexibility index (Phi) is 3.45. The van der Waals surface area contributed by atoms with Crippen molar-refractivity contribution in [3.05, 3.63) is 0 Å². The number of likely N-dealkylation sites (tertiary alicyclic amines) is 1. The van der Waals surface area contributed by atoms with Crippen LogP contribution in [0.1, 0.15) is 33.1 Å². The Balaban J connectivity index is 1.87. The lowest BCUT2D eigenvalue weighted by molar-refractivity contribution is 0.0839. The zero-order valence-electron chi connectivity index (χ0n) is 9.63. The molecule has 0 spiro atoms. The van der Waals surface area contributed by atoms with Crippen LogP contribution in [-0.2, 0) is 0 Å². The summed E-state index contributed by atoms with van der Waals surface area (Å²) in [6.07, 6.45) is 4.18. The van der Waals surface area contributed by atoms with Gasteiger partial charge in [0.05, 0.1) is 0 Å². The molecule has 2 rings (SSSR count). The number of nitrogens with one attached hydrogen (secondary N) is 1. The zero-order valence-corrected chi connectivity index (χ0v) is 9.63. The van der Waals surface area contributed by atoms with Gasteiger partial charge in [-0.3, -0.25) is 0 Å². The molecule has 2 heterocycles. The lowest BCUT2D eigenvalue weighted by atomic mass is 9.90. The third-order valence-electron chi connectivity index (χ3n) is 4.03. The molecule has 2 nitrogen and oxygen atoms in total. The standard InChI is InChI=1S/C12H24N2/c1-10-4-7-14(8-5-10)12-3-6-13-9-11(12)2/h10-13H,3-9H2,1-2H3. The van der Waals surface area contributed by atoms with E-state index in [2.05, 4.69) is 24.1 Å². The second-order valence-corrected chi connectivity index (χ2v) is 5.26. The third-order valence-corrected chi connectivity index (χ3v) is 4.03. The highest BCUT2D eigenvalue weighted by Crippen LogP contribution is 2.24. The van der Waals surface area contributed by atoms with Crippen LogP contribution in [-0.4, -0.2) is 37.1 Å². The van der Waals surface area contributed by atoms with Crippen LogP contribution in [0.25, 0.3) is 0 Å². The molecule has 82 valence electrons. The number of hydrogen-bond donors (Lipinski definition) is 1. The molecule has 2 fully saturated rings. The van der Waals surface area contributed by atoms with Gasteiger partial charge in [-0.2, -0.15) is 0 Å². The molecule has 2 heteroatoms. The van der Waals surface area contributed by atoms with Crippen LogP contribution < -0.4 is 5.32 Å². The Morgan fingerprint density at radius 1 is 1.07 bits per heavy atom. The van der Waals surface area contributed by atoms with Crippen LogP contribution in [0.5, 0.6) is 0 Å². The van der Waals surface area contributed by atoms with Gasteiger partial charge < -0.3 is 10.2 Å². The summed E-state index contributed by atoms with van der Waals surface area (Å²) in [4.78, 5) is 2.74. The molecule has 0 amide bonds. The van der Waals surface area contributed by atoms with Crippen molar-refractivity contribution in [1.82, 2.24) is 10.2 Å². The molecule has 2 atom stereocenters. The molecule has 0 radical (unpaired) electrons. The Labute approximate surface area is 88.1 Å². The van der Waals surface area contributed by atoms with Crippen molar-refractivity contribution >= 4 is 0 Å². The quantitative estimate of drug-likeness (QED) is 0.687. The molecule has 0 aromatic carbocycles. The van der Waals surface area contributed by atoms with E-state index in [0.717, 1.165) is 17.9 Å². The Morgan fingerprint density at radius 2 is 1.79 bits per heavy atom. The normalized spacial score (nSPS) is 37.3. The topological polar surface area (TPSA) is 15.3 Å². The van der Waals surface area contributed by atoms with Crippen molar-refractivity contribution < 1.29 is 0 Å². The van der Waals surface area contributed by atoms with Crippen LogP contribution in [0, 0.1) is 11.8 Å². The van der Waals surface area contributed by atoms with Gasteiger partial charge in [-0.15, -0.1) is 0 Å². The Bertz CT molecular complexity index is 173. The zero-order chi connectivity index (χ0) is 9.97. The summed E-state index contributed by atoms with van der Waals surface area (Å²) in [7, 11) is 0. The average Bonchev–Trinajstić information content (AvgIpc) is 2.20. The largest absolute Gasteiger partial charge is 0.316 e. The average molecular weight is 196 g/mol. The first-order chi connectivity index (χ1) is 6.77. The molecule has 0 bridgehead atoms. The van der Waals surface area contributed by atoms with Gasteiger partial charge in [-0.05, 0) is 57.3 Å². The monoisotopic (exact) mass is 196 g/mol. The highest BCUT2D eigenvalue weighted by atomic mass is 15.2. The summed E-state index contributed by atoms with van der Waals surface area (Å²) in [5.41, 5.74) is 0. The van der Waals surface area contributed by atoms with E-state index in [1.54, 1.807) is 0 Å². The van der Waals surface area contributed by atoms with Gasteiger partial charge >= 0.3 is 0 Å². The van der Waals surface area contributed by atoms with Gasteiger partial charge in [0.15, 0.2) is 0 Å². The van der Waals surface area contributed by atoms with E-state index in [-0.39, 0.29) is 0 Å². The van der Waals surface area contributed by atoms with E-state index in [0.29, 0.717) is 0 Å². The maximum atomic E-state index is 3.49. The van der Waals surface area contributed by atoms with Crippen molar-refractivity contribution in [2.45, 2.75) is 39.2 Å². The second kappa shape index (κ2) is 4.63. The molecule has 1 N–H and O–H groups in total. The molecule has 0 aromatic rings. The van der Waals surface area contributed by atoms with Crippen molar-refractivity contribution in [3.8, 4) is 0 Å². The molecule has 0 saturated carbocycles. The summed E-state index contributed by atoms with van der Waals surface area (Å²) < 4.78 is 0. The lowest BCUT2D eigenvalue weighted by Gasteiger charge is -2.42. The molecule has 2 aliphatic heterocycles. The maximum Gasteiger partial charge on any atom is 0.0145 e. The minimum absolute atomic E-state index is 0.845. The molecule has 0 aliphatic carbocycles. The Hall–Kier alpha value is -0.0800. The Morgan fingerprint density at radius 3 is 2.43 bits per heavy atom. The predicted octanol–water partition coefficient (Wildman–Crippen LogP) is 1.72. The van der Waals surface area contributed by atoms with Gasteiger partial charge in [0, 0.05) is 6.04 Å². The number of hydrogen-bond acceptors (Lipinski definition) is 2. The molecule has 2 saturated heterocycles. The first kappa shape index (κ1) is 10.4. The SMILES string of the molecule is CC1CCN(C2CCNCC2C)CC1. The van der Waals surface area contributed by atoms with Gasteiger partial charge in [0.2, 0.25) is 0 Å². The van der Waals surface area contributed by atoms with Crippen molar-refractivity contribution in [1.29, 1.82) is 0 Å². The van der Waals surface area contributed by atoms with Crippen molar-refractivity contribution in [3.63, 3.8) is 0 Å². The fraction of sp³-hybridized carbons (Fsp3) is 1.00. The van der Waals surface area contributed by atoms with Gasteiger partial charge in [-0.25, -0.2) is 0 Å². The minimum Gasteiger partial charge on any atom is -0.316 e. The first-order valence-electron chi connectivity index (χ1n) is 6.22. The van der Waals surface area contributed by atoms with Crippen LogP contribution in [0.3, 0.4) is 0 Å². The van der Waals surface area contributed by atoms with Crippen molar-refractivity contribution in [2.75, 3.05) is 26.2 Å². The van der Waals surface area contributed by atoms with E-state index in [1.165, 1.54) is 45.4 Å². The molecule has 0 aromatic heterocycles. The molecule has 2 unspecified atom stereocenters. The molecular weight excluding hydrogens is 172 g/mol. The van der Waals surface area contributed by atoms with Crippen molar-refractivity contribution in [2.24, 2.45) is 11.8 Å². The summed E-state index contributed by atoms with van der Waals surface area (Å²) in [5, 5.41) is 3.49. The van der Waals surface area contributed by atoms with Crippen LogP contribution >= 0.6 is 0 Å². The lowest BCUT2D eigenvalue weighted by Crippen LogP contribution is -2.50. The summed E-state index contributed by atoms with van der Waals surface area (Å²) >= 11 is 0.